The van der Waals surface area contributed by atoms with E-state index < -0.39 is 18.1 Å². The maximum absolute atomic E-state index is 12.6. The average Bonchev–Trinajstić information content (AvgIpc) is 3.15. The Labute approximate surface area is 193 Å². The Morgan fingerprint density at radius 3 is 2.24 bits per heavy atom. The predicted octanol–water partition coefficient (Wildman–Crippen LogP) is 3.92. The quantitative estimate of drug-likeness (QED) is 0.593. The van der Waals surface area contributed by atoms with Crippen LogP contribution < -0.4 is 10.6 Å². The van der Waals surface area contributed by atoms with E-state index in [9.17, 15) is 14.4 Å². The van der Waals surface area contributed by atoms with Crippen molar-refractivity contribution in [3.05, 3.63) is 59.7 Å². The second-order valence-electron chi connectivity index (χ2n) is 8.93. The van der Waals surface area contributed by atoms with Gasteiger partial charge < -0.3 is 20.5 Å². The van der Waals surface area contributed by atoms with E-state index in [2.05, 4.69) is 34.9 Å². The van der Waals surface area contributed by atoms with Crippen LogP contribution in [-0.2, 0) is 14.3 Å². The Kier molecular flexibility index (Phi) is 6.96. The van der Waals surface area contributed by atoms with Crippen molar-refractivity contribution >= 4 is 18.0 Å². The van der Waals surface area contributed by atoms with E-state index in [0.717, 1.165) is 30.4 Å². The number of carboxylic acids is 1. The molecular weight excluding hydrogens is 420 g/mol. The molecule has 2 aliphatic rings. The molecule has 7 heteroatoms. The van der Waals surface area contributed by atoms with Gasteiger partial charge in [0, 0.05) is 18.4 Å². The topological polar surface area (TPSA) is 105 Å². The van der Waals surface area contributed by atoms with E-state index in [1.165, 1.54) is 18.1 Å². The molecule has 1 fully saturated rings. The third kappa shape index (κ3) is 5.02. The fourth-order valence-electron chi connectivity index (χ4n) is 5.04. The second-order valence-corrected chi connectivity index (χ2v) is 8.93. The van der Waals surface area contributed by atoms with Crippen LogP contribution in [0.1, 0.15) is 49.7 Å². The number of ether oxygens (including phenoxy) is 1. The number of carbonyl (C=O) groups excluding carboxylic acids is 2. The molecule has 3 atom stereocenters. The first-order valence-corrected chi connectivity index (χ1v) is 11.6. The molecule has 0 heterocycles. The molecule has 0 radical (unpaired) electrons. The largest absolute Gasteiger partial charge is 0.480 e. The van der Waals surface area contributed by atoms with Crippen LogP contribution in [0.3, 0.4) is 0 Å². The molecule has 0 bridgehead atoms. The highest BCUT2D eigenvalue weighted by molar-refractivity contribution is 5.85. The number of hydrogen-bond donors (Lipinski definition) is 3. The molecule has 0 saturated heterocycles. The van der Waals surface area contributed by atoms with Crippen molar-refractivity contribution < 1.29 is 24.2 Å². The van der Waals surface area contributed by atoms with E-state index in [1.807, 2.05) is 24.3 Å². The van der Waals surface area contributed by atoms with Crippen molar-refractivity contribution in [2.75, 3.05) is 13.2 Å². The van der Waals surface area contributed by atoms with Gasteiger partial charge in [0.15, 0.2) is 0 Å². The Bertz CT molecular complexity index is 991. The van der Waals surface area contributed by atoms with Crippen molar-refractivity contribution in [1.82, 2.24) is 10.6 Å². The summed E-state index contributed by atoms with van der Waals surface area (Å²) in [6.07, 6.45) is 2.90. The van der Waals surface area contributed by atoms with Gasteiger partial charge in [-0.05, 0) is 47.9 Å². The van der Waals surface area contributed by atoms with Crippen LogP contribution in [0.25, 0.3) is 11.1 Å². The van der Waals surface area contributed by atoms with E-state index >= 15 is 0 Å². The summed E-state index contributed by atoms with van der Waals surface area (Å²) in [6, 6.07) is 15.4. The van der Waals surface area contributed by atoms with E-state index in [4.69, 9.17) is 9.84 Å². The summed E-state index contributed by atoms with van der Waals surface area (Å²) in [4.78, 5) is 36.1. The number of carboxylic acid groups (broad SMARTS) is 1. The molecule has 3 N–H and O–H groups in total. The molecule has 4 rings (SSSR count). The predicted molar refractivity (Wildman–Crippen MR) is 124 cm³/mol. The normalized spacial score (nSPS) is 20.3. The highest BCUT2D eigenvalue weighted by Gasteiger charge is 2.33. The maximum atomic E-state index is 12.6. The molecule has 7 nitrogen and oxygen atoms in total. The van der Waals surface area contributed by atoms with Gasteiger partial charge in [0.05, 0.1) is 0 Å². The zero-order valence-electron chi connectivity index (χ0n) is 18.8. The smallest absolute Gasteiger partial charge is 0.407 e. The molecule has 1 saturated carbocycles. The minimum Gasteiger partial charge on any atom is -0.480 e. The van der Waals surface area contributed by atoms with Gasteiger partial charge in [-0.3, -0.25) is 9.59 Å². The summed E-state index contributed by atoms with van der Waals surface area (Å²) in [5.41, 5.74) is 4.66. The van der Waals surface area contributed by atoms with E-state index in [1.54, 1.807) is 0 Å². The third-order valence-corrected chi connectivity index (χ3v) is 6.83. The summed E-state index contributed by atoms with van der Waals surface area (Å²) in [7, 11) is 0. The molecule has 0 unspecified atom stereocenters. The van der Waals surface area contributed by atoms with Crippen LogP contribution in [0.4, 0.5) is 4.79 Å². The van der Waals surface area contributed by atoms with E-state index in [0.29, 0.717) is 13.0 Å². The number of benzene rings is 2. The van der Waals surface area contributed by atoms with E-state index in [-0.39, 0.29) is 30.3 Å². The minimum atomic E-state index is -1.06. The molecular formula is C26H30N2O5. The van der Waals surface area contributed by atoms with Crippen LogP contribution in [0.2, 0.25) is 0 Å². The molecule has 0 aliphatic heterocycles. The van der Waals surface area contributed by atoms with Gasteiger partial charge in [-0.15, -0.1) is 0 Å². The summed E-state index contributed by atoms with van der Waals surface area (Å²) in [6.45, 7) is 2.02. The summed E-state index contributed by atoms with van der Waals surface area (Å²) in [5.74, 6) is -1.68. The lowest BCUT2D eigenvalue weighted by Gasteiger charge is -2.31. The lowest BCUT2D eigenvalue weighted by Crippen LogP contribution is -2.46. The highest BCUT2D eigenvalue weighted by atomic mass is 16.5. The Hall–Kier alpha value is -3.35. The van der Waals surface area contributed by atoms with Crippen molar-refractivity contribution in [2.24, 2.45) is 11.8 Å². The summed E-state index contributed by atoms with van der Waals surface area (Å²) in [5, 5.41) is 14.4. The van der Waals surface area contributed by atoms with Crippen LogP contribution >= 0.6 is 0 Å². The number of fused-ring (bicyclic) bond motifs is 3. The van der Waals surface area contributed by atoms with Gasteiger partial charge >= 0.3 is 12.1 Å². The SMILES string of the molecule is C[C@@H](NC(=O)[C@@H]1CCCC[C@@H]1CNC(=O)OCC1c2ccccc2-c2ccccc21)C(=O)O. The molecule has 0 spiro atoms. The Morgan fingerprint density at radius 2 is 1.61 bits per heavy atom. The van der Waals surface area contributed by atoms with Crippen molar-refractivity contribution in [2.45, 2.75) is 44.6 Å². The lowest BCUT2D eigenvalue weighted by atomic mass is 9.78. The van der Waals surface area contributed by atoms with Gasteiger partial charge in [0.2, 0.25) is 5.91 Å². The molecule has 2 aromatic carbocycles. The molecule has 2 aromatic rings. The number of alkyl carbamates (subject to hydrolysis) is 1. The highest BCUT2D eigenvalue weighted by Crippen LogP contribution is 2.44. The summed E-state index contributed by atoms with van der Waals surface area (Å²) < 4.78 is 5.59. The van der Waals surface area contributed by atoms with Crippen LogP contribution in [0, 0.1) is 11.8 Å². The summed E-state index contributed by atoms with van der Waals surface area (Å²) >= 11 is 0. The lowest BCUT2D eigenvalue weighted by molar-refractivity contribution is -0.142. The number of hydrogen-bond acceptors (Lipinski definition) is 4. The zero-order chi connectivity index (χ0) is 23.4. The molecule has 0 aromatic heterocycles. The molecule has 174 valence electrons. The Balaban J connectivity index is 1.33. The average molecular weight is 451 g/mol. The fraction of sp³-hybridized carbons (Fsp3) is 0.423. The maximum Gasteiger partial charge on any atom is 0.407 e. The van der Waals surface area contributed by atoms with Crippen molar-refractivity contribution in [3.8, 4) is 11.1 Å². The van der Waals surface area contributed by atoms with Crippen LogP contribution in [0.5, 0.6) is 0 Å². The number of nitrogens with one attached hydrogen (secondary N) is 2. The number of rotatable bonds is 7. The number of carbonyl (C=O) groups is 3. The first-order chi connectivity index (χ1) is 16.0. The molecule has 2 amide bonds. The van der Waals surface area contributed by atoms with Crippen molar-refractivity contribution in [1.29, 1.82) is 0 Å². The monoisotopic (exact) mass is 450 g/mol. The zero-order valence-corrected chi connectivity index (χ0v) is 18.8. The first kappa shape index (κ1) is 22.8. The van der Waals surface area contributed by atoms with Gasteiger partial charge in [0.1, 0.15) is 12.6 Å². The van der Waals surface area contributed by atoms with Gasteiger partial charge in [0.25, 0.3) is 0 Å². The number of aliphatic carboxylic acids is 1. The van der Waals surface area contributed by atoms with Crippen LogP contribution in [0.15, 0.2) is 48.5 Å². The minimum absolute atomic E-state index is 0.00568. The fourth-order valence-corrected chi connectivity index (χ4v) is 5.04. The second kappa shape index (κ2) is 10.1. The number of amides is 2. The third-order valence-electron chi connectivity index (χ3n) is 6.83. The standard InChI is InChI=1S/C26H30N2O5/c1-16(25(30)31)28-24(29)18-9-3-2-8-17(18)14-27-26(32)33-15-23-21-12-6-4-10-19(21)20-11-5-7-13-22(20)23/h4-7,10-13,16-18,23H,2-3,8-9,14-15H2,1H3,(H,27,32)(H,28,29)(H,30,31)/t16-,17-,18-/m1/s1. The van der Waals surface area contributed by atoms with Gasteiger partial charge in [-0.2, -0.15) is 0 Å². The Morgan fingerprint density at radius 1 is 1.00 bits per heavy atom. The van der Waals surface area contributed by atoms with Gasteiger partial charge in [-0.1, -0.05) is 61.4 Å². The van der Waals surface area contributed by atoms with Gasteiger partial charge in [-0.25, -0.2) is 4.79 Å². The molecule has 2 aliphatic carbocycles. The first-order valence-electron chi connectivity index (χ1n) is 11.6. The molecule has 33 heavy (non-hydrogen) atoms. The van der Waals surface area contributed by atoms with Crippen LogP contribution in [-0.4, -0.2) is 42.3 Å². The van der Waals surface area contributed by atoms with Crippen molar-refractivity contribution in [3.63, 3.8) is 0 Å².